The van der Waals surface area contributed by atoms with E-state index in [0.717, 1.165) is 10.5 Å². The van der Waals surface area contributed by atoms with Crippen LogP contribution in [-0.4, -0.2) is 60.6 Å². The first-order valence-corrected chi connectivity index (χ1v) is 10.4. The molecule has 0 aliphatic heterocycles. The summed E-state index contributed by atoms with van der Waals surface area (Å²) in [6.07, 6.45) is -0.807. The second kappa shape index (κ2) is 11.9. The molecule has 0 bridgehead atoms. The van der Waals surface area contributed by atoms with Crippen molar-refractivity contribution in [2.45, 2.75) is 59.2 Å². The van der Waals surface area contributed by atoms with Crippen LogP contribution in [0.4, 0.5) is 4.79 Å². The molecule has 0 saturated carbocycles. The Morgan fingerprint density at radius 1 is 1.18 bits per heavy atom. The number of esters is 1. The van der Waals surface area contributed by atoms with Crippen molar-refractivity contribution >= 4 is 23.9 Å². The van der Waals surface area contributed by atoms with Crippen LogP contribution in [0.5, 0.6) is 0 Å². The zero-order chi connectivity index (χ0) is 25.3. The lowest BCUT2D eigenvalue weighted by Gasteiger charge is -2.32. The van der Waals surface area contributed by atoms with Gasteiger partial charge in [-0.15, -0.1) is 0 Å². The molecule has 0 radical (unpaired) electrons. The molecule has 33 heavy (non-hydrogen) atoms. The normalized spacial score (nSPS) is 12.5. The summed E-state index contributed by atoms with van der Waals surface area (Å²) in [7, 11) is 1.19. The van der Waals surface area contributed by atoms with Crippen LogP contribution >= 0.6 is 0 Å². The molecule has 2 N–H and O–H groups in total. The smallest absolute Gasteiger partial charge is 0.408 e. The fraction of sp³-hybridized carbons (Fsp3) is 0.522. The molecule has 10 nitrogen and oxygen atoms in total. The van der Waals surface area contributed by atoms with Crippen molar-refractivity contribution in [3.63, 3.8) is 0 Å². The average Bonchev–Trinajstić information content (AvgIpc) is 2.71. The van der Waals surface area contributed by atoms with Crippen molar-refractivity contribution < 1.29 is 28.7 Å². The van der Waals surface area contributed by atoms with Gasteiger partial charge >= 0.3 is 12.1 Å². The topological polar surface area (TPSA) is 138 Å². The van der Waals surface area contributed by atoms with Gasteiger partial charge in [-0.2, -0.15) is 5.26 Å². The molecular weight excluding hydrogens is 428 g/mol. The molecule has 0 spiro atoms. The zero-order valence-corrected chi connectivity index (χ0v) is 20.1. The van der Waals surface area contributed by atoms with Crippen LogP contribution in [0, 0.1) is 25.2 Å². The highest BCUT2D eigenvalue weighted by Crippen LogP contribution is 2.26. The number of hydrogen-bond acceptors (Lipinski definition) is 7. The molecule has 2 unspecified atom stereocenters. The first kappa shape index (κ1) is 27.4. The number of ether oxygens (including phenoxy) is 2. The highest BCUT2D eigenvalue weighted by Gasteiger charge is 2.35. The monoisotopic (exact) mass is 460 g/mol. The van der Waals surface area contributed by atoms with E-state index in [4.69, 9.17) is 4.74 Å². The predicted molar refractivity (Wildman–Crippen MR) is 120 cm³/mol. The number of hydrogen-bond donors (Lipinski definition) is 2. The second-order valence-electron chi connectivity index (χ2n) is 8.55. The summed E-state index contributed by atoms with van der Waals surface area (Å²) in [5.41, 5.74) is 1.27. The van der Waals surface area contributed by atoms with Crippen molar-refractivity contribution in [1.82, 2.24) is 15.5 Å². The second-order valence-corrected chi connectivity index (χ2v) is 8.55. The molecule has 1 aromatic rings. The third kappa shape index (κ3) is 8.44. The Hall–Kier alpha value is -3.61. The number of nitriles is 1. The Morgan fingerprint density at radius 2 is 1.82 bits per heavy atom. The largest absolute Gasteiger partial charge is 0.468 e. The van der Waals surface area contributed by atoms with Gasteiger partial charge in [-0.1, -0.05) is 23.8 Å². The molecular formula is C23H32N4O6. The number of benzene rings is 1. The predicted octanol–water partition coefficient (Wildman–Crippen LogP) is 1.90. The molecule has 0 saturated heterocycles. The van der Waals surface area contributed by atoms with Gasteiger partial charge in [0.1, 0.15) is 30.8 Å². The maximum Gasteiger partial charge on any atom is 0.408 e. The lowest BCUT2D eigenvalue weighted by Crippen LogP contribution is -2.52. The van der Waals surface area contributed by atoms with Crippen LogP contribution in [0.2, 0.25) is 0 Å². The zero-order valence-electron chi connectivity index (χ0n) is 20.1. The molecule has 10 heteroatoms. The van der Waals surface area contributed by atoms with Gasteiger partial charge in [-0.25, -0.2) is 4.79 Å². The minimum absolute atomic E-state index is 0.406. The van der Waals surface area contributed by atoms with Crippen LogP contribution < -0.4 is 10.6 Å². The Balaban J connectivity index is 3.34. The highest BCUT2D eigenvalue weighted by molar-refractivity contribution is 5.93. The van der Waals surface area contributed by atoms with Crippen LogP contribution in [0.1, 0.15) is 50.4 Å². The number of rotatable bonds is 8. The maximum atomic E-state index is 13.3. The van der Waals surface area contributed by atoms with Crippen LogP contribution in [0.25, 0.3) is 0 Å². The highest BCUT2D eigenvalue weighted by atomic mass is 16.6. The molecule has 2 atom stereocenters. The van der Waals surface area contributed by atoms with E-state index in [9.17, 15) is 24.4 Å². The number of carbonyl (C=O) groups is 4. The van der Waals surface area contributed by atoms with Crippen molar-refractivity contribution in [2.75, 3.05) is 20.2 Å². The Labute approximate surface area is 194 Å². The van der Waals surface area contributed by atoms with Gasteiger partial charge in [0.25, 0.3) is 0 Å². The Bertz CT molecular complexity index is 932. The van der Waals surface area contributed by atoms with Crippen LogP contribution in [0.15, 0.2) is 18.2 Å². The Kier molecular flexibility index (Phi) is 9.85. The molecule has 1 rings (SSSR count). The molecule has 0 aliphatic carbocycles. The summed E-state index contributed by atoms with van der Waals surface area (Å²) < 4.78 is 9.74. The van der Waals surface area contributed by atoms with Gasteiger partial charge in [0.2, 0.25) is 11.8 Å². The van der Waals surface area contributed by atoms with Gasteiger partial charge in [-0.05, 0) is 52.7 Å². The van der Waals surface area contributed by atoms with E-state index in [1.54, 1.807) is 39.8 Å². The van der Waals surface area contributed by atoms with Gasteiger partial charge in [0.15, 0.2) is 0 Å². The number of methoxy groups -OCH3 is 1. The van der Waals surface area contributed by atoms with Crippen molar-refractivity contribution in [1.29, 1.82) is 5.26 Å². The van der Waals surface area contributed by atoms with Gasteiger partial charge < -0.3 is 25.0 Å². The number of nitrogens with one attached hydrogen (secondary N) is 2. The first-order chi connectivity index (χ1) is 15.3. The van der Waals surface area contributed by atoms with Crippen LogP contribution in [0.3, 0.4) is 0 Å². The average molecular weight is 461 g/mol. The number of alkyl carbamates (subject to hydrolysis) is 1. The van der Waals surface area contributed by atoms with E-state index in [1.165, 1.54) is 14.0 Å². The molecule has 180 valence electrons. The number of amides is 3. The summed E-state index contributed by atoms with van der Waals surface area (Å²) in [6.45, 7) is 9.25. The van der Waals surface area contributed by atoms with E-state index in [1.807, 2.05) is 19.1 Å². The number of nitrogens with zero attached hydrogens (tertiary/aromatic N) is 2. The van der Waals surface area contributed by atoms with Crippen molar-refractivity contribution in [3.05, 3.63) is 34.9 Å². The SMILES string of the molecule is COC(=O)CNC(=O)C(c1cc(C)ccc1C)N(CC#N)C(=O)C(C)NC(=O)OC(C)(C)C. The van der Waals surface area contributed by atoms with E-state index in [2.05, 4.69) is 15.4 Å². The summed E-state index contributed by atoms with van der Waals surface area (Å²) in [6, 6.07) is 4.98. The van der Waals surface area contributed by atoms with Crippen LogP contribution in [-0.2, 0) is 23.9 Å². The van der Waals surface area contributed by atoms with Gasteiger partial charge in [0, 0.05) is 0 Å². The van der Waals surface area contributed by atoms with Gasteiger partial charge in [-0.3, -0.25) is 14.4 Å². The molecule has 0 aromatic heterocycles. The fourth-order valence-corrected chi connectivity index (χ4v) is 3.00. The maximum absolute atomic E-state index is 13.3. The van der Waals surface area contributed by atoms with Gasteiger partial charge in [0.05, 0.1) is 13.2 Å². The molecule has 0 heterocycles. The number of carbonyl (C=O) groups excluding carboxylic acids is 4. The van der Waals surface area contributed by atoms with Crippen molar-refractivity contribution in [3.8, 4) is 6.07 Å². The number of aryl methyl sites for hydroxylation is 2. The lowest BCUT2D eigenvalue weighted by atomic mass is 9.96. The summed E-state index contributed by atoms with van der Waals surface area (Å²) >= 11 is 0. The van der Waals surface area contributed by atoms with Crippen molar-refractivity contribution in [2.24, 2.45) is 0 Å². The summed E-state index contributed by atoms with van der Waals surface area (Å²) in [4.78, 5) is 51.2. The van der Waals surface area contributed by atoms with E-state index in [0.29, 0.717) is 11.1 Å². The van der Waals surface area contributed by atoms with E-state index < -0.39 is 54.7 Å². The standard InChI is InChI=1S/C23H32N4O6/c1-14-8-9-15(2)17(12-14)19(20(29)25-13-18(28)32-7)27(11-10-24)21(30)16(3)26-22(31)33-23(4,5)6/h8-9,12,16,19H,11,13H2,1-7H3,(H,25,29)(H,26,31). The lowest BCUT2D eigenvalue weighted by molar-refractivity contribution is -0.144. The molecule has 0 fully saturated rings. The van der Waals surface area contributed by atoms with E-state index >= 15 is 0 Å². The molecule has 1 aromatic carbocycles. The minimum atomic E-state index is -1.22. The fourth-order valence-electron chi connectivity index (χ4n) is 3.00. The molecule has 3 amide bonds. The quantitative estimate of drug-likeness (QED) is 0.446. The Morgan fingerprint density at radius 3 is 2.36 bits per heavy atom. The summed E-state index contributed by atoms with van der Waals surface area (Å²) in [5, 5.41) is 14.3. The third-order valence-electron chi connectivity index (χ3n) is 4.55. The first-order valence-electron chi connectivity index (χ1n) is 10.4. The minimum Gasteiger partial charge on any atom is -0.468 e. The van der Waals surface area contributed by atoms with E-state index in [-0.39, 0.29) is 0 Å². The third-order valence-corrected chi connectivity index (χ3v) is 4.55. The summed E-state index contributed by atoms with van der Waals surface area (Å²) in [5.74, 6) is -2.00. The molecule has 0 aliphatic rings.